The summed E-state index contributed by atoms with van der Waals surface area (Å²) in [5.74, 6) is 0.542. The van der Waals surface area contributed by atoms with E-state index in [4.69, 9.17) is 11.6 Å². The Morgan fingerprint density at radius 2 is 2.08 bits per heavy atom. The predicted octanol–water partition coefficient (Wildman–Crippen LogP) is 3.12. The molecule has 1 aromatic rings. The van der Waals surface area contributed by atoms with Crippen LogP contribution in [0.4, 0.5) is 0 Å². The monoisotopic (exact) mass is 183 g/mol. The average Bonchev–Trinajstić information content (AvgIpc) is 2.03. The molecule has 1 rings (SSSR count). The summed E-state index contributed by atoms with van der Waals surface area (Å²) < 4.78 is 0. The van der Waals surface area contributed by atoms with E-state index in [-0.39, 0.29) is 5.41 Å². The summed E-state index contributed by atoms with van der Waals surface area (Å²) in [5, 5.41) is 0. The van der Waals surface area contributed by atoms with E-state index in [1.165, 1.54) is 5.56 Å². The topological polar surface area (TPSA) is 12.9 Å². The third-order valence-corrected chi connectivity index (χ3v) is 2.14. The molecule has 1 nitrogen and oxygen atoms in total. The number of hydrogen-bond donors (Lipinski definition) is 0. The van der Waals surface area contributed by atoms with Gasteiger partial charge in [0, 0.05) is 18.3 Å². The van der Waals surface area contributed by atoms with Gasteiger partial charge in [-0.3, -0.25) is 4.98 Å². The van der Waals surface area contributed by atoms with Crippen molar-refractivity contribution in [2.45, 2.75) is 32.1 Å². The Labute approximate surface area is 78.8 Å². The second-order valence-electron chi connectivity index (χ2n) is 3.92. The maximum absolute atomic E-state index is 5.80. The lowest BCUT2D eigenvalue weighted by molar-refractivity contribution is 0.584. The minimum atomic E-state index is 0.160. The van der Waals surface area contributed by atoms with Crippen LogP contribution in [0.3, 0.4) is 0 Å². The van der Waals surface area contributed by atoms with Gasteiger partial charge in [0.05, 0.1) is 0 Å². The Morgan fingerprint density at radius 3 is 2.50 bits per heavy atom. The van der Waals surface area contributed by atoms with E-state index in [0.717, 1.165) is 5.56 Å². The molecule has 1 aromatic heterocycles. The first kappa shape index (κ1) is 9.53. The second-order valence-corrected chi connectivity index (χ2v) is 4.18. The quantitative estimate of drug-likeness (QED) is 0.610. The van der Waals surface area contributed by atoms with Crippen molar-refractivity contribution >= 4 is 11.6 Å². The molecule has 0 amide bonds. The summed E-state index contributed by atoms with van der Waals surface area (Å²) in [6.07, 6.45) is 3.66. The maximum atomic E-state index is 5.80. The van der Waals surface area contributed by atoms with Crippen LogP contribution in [0.15, 0.2) is 18.5 Å². The SMILES string of the molecule is CC(C)(C)c1ccncc1CCl. The summed E-state index contributed by atoms with van der Waals surface area (Å²) in [7, 11) is 0. The lowest BCUT2D eigenvalue weighted by Crippen LogP contribution is -2.13. The normalized spacial score (nSPS) is 11.7. The van der Waals surface area contributed by atoms with Crippen LogP contribution >= 0.6 is 11.6 Å². The van der Waals surface area contributed by atoms with Gasteiger partial charge in [0.25, 0.3) is 0 Å². The van der Waals surface area contributed by atoms with Crippen molar-refractivity contribution in [2.24, 2.45) is 0 Å². The van der Waals surface area contributed by atoms with Crippen molar-refractivity contribution < 1.29 is 0 Å². The molecule has 0 saturated carbocycles. The summed E-state index contributed by atoms with van der Waals surface area (Å²) in [4.78, 5) is 4.05. The largest absolute Gasteiger partial charge is 0.264 e. The zero-order valence-electron chi connectivity index (χ0n) is 7.76. The Hall–Kier alpha value is -0.560. The van der Waals surface area contributed by atoms with Gasteiger partial charge in [-0.25, -0.2) is 0 Å². The fourth-order valence-electron chi connectivity index (χ4n) is 1.27. The molecule has 0 saturated heterocycles. The average molecular weight is 184 g/mol. The van der Waals surface area contributed by atoms with Crippen molar-refractivity contribution in [1.82, 2.24) is 4.98 Å². The first-order chi connectivity index (χ1) is 5.55. The first-order valence-corrected chi connectivity index (χ1v) is 4.58. The molecule has 0 radical (unpaired) electrons. The lowest BCUT2D eigenvalue weighted by atomic mass is 9.85. The number of nitrogens with zero attached hydrogens (tertiary/aromatic N) is 1. The molecule has 0 spiro atoms. The van der Waals surface area contributed by atoms with Gasteiger partial charge >= 0.3 is 0 Å². The van der Waals surface area contributed by atoms with Crippen molar-refractivity contribution in [3.63, 3.8) is 0 Å². The lowest BCUT2D eigenvalue weighted by Gasteiger charge is -2.21. The number of alkyl halides is 1. The van der Waals surface area contributed by atoms with Crippen LogP contribution in [0.5, 0.6) is 0 Å². The Kier molecular flexibility index (Phi) is 2.73. The zero-order chi connectivity index (χ0) is 9.19. The van der Waals surface area contributed by atoms with Gasteiger partial charge in [-0.05, 0) is 22.6 Å². The van der Waals surface area contributed by atoms with E-state index in [1.54, 1.807) is 0 Å². The smallest absolute Gasteiger partial charge is 0.0492 e. The highest BCUT2D eigenvalue weighted by Gasteiger charge is 2.16. The molecule has 0 aliphatic carbocycles. The summed E-state index contributed by atoms with van der Waals surface area (Å²) in [6.45, 7) is 6.54. The summed E-state index contributed by atoms with van der Waals surface area (Å²) in [6, 6.07) is 2.04. The second kappa shape index (κ2) is 3.44. The molecule has 0 aliphatic heterocycles. The minimum absolute atomic E-state index is 0.160. The number of halogens is 1. The van der Waals surface area contributed by atoms with Gasteiger partial charge in [-0.15, -0.1) is 11.6 Å². The molecular formula is C10H14ClN. The fourth-order valence-corrected chi connectivity index (χ4v) is 1.48. The van der Waals surface area contributed by atoms with E-state index >= 15 is 0 Å². The molecule has 0 atom stereocenters. The minimum Gasteiger partial charge on any atom is -0.264 e. The molecule has 0 aliphatic rings. The Bertz CT molecular complexity index is 263. The highest BCUT2D eigenvalue weighted by Crippen LogP contribution is 2.25. The Morgan fingerprint density at radius 1 is 1.42 bits per heavy atom. The van der Waals surface area contributed by atoms with Crippen LogP contribution < -0.4 is 0 Å². The third-order valence-electron chi connectivity index (χ3n) is 1.86. The standard InChI is InChI=1S/C10H14ClN/c1-10(2,3)9-4-5-12-7-8(9)6-11/h4-5,7H,6H2,1-3H3. The van der Waals surface area contributed by atoms with E-state index in [1.807, 2.05) is 18.5 Å². The van der Waals surface area contributed by atoms with Gasteiger partial charge in [-0.1, -0.05) is 20.8 Å². The molecule has 2 heteroatoms. The molecule has 0 bridgehead atoms. The number of rotatable bonds is 1. The predicted molar refractivity (Wildman–Crippen MR) is 52.5 cm³/mol. The molecule has 0 unspecified atom stereocenters. The third kappa shape index (κ3) is 1.98. The number of pyridine rings is 1. The first-order valence-electron chi connectivity index (χ1n) is 4.05. The van der Waals surface area contributed by atoms with Gasteiger partial charge in [0.2, 0.25) is 0 Å². The van der Waals surface area contributed by atoms with Crippen LogP contribution in [0, 0.1) is 0 Å². The van der Waals surface area contributed by atoms with Crippen molar-refractivity contribution in [3.05, 3.63) is 29.6 Å². The van der Waals surface area contributed by atoms with Gasteiger partial charge in [0.15, 0.2) is 0 Å². The number of aromatic nitrogens is 1. The van der Waals surface area contributed by atoms with E-state index in [0.29, 0.717) is 5.88 Å². The van der Waals surface area contributed by atoms with Crippen molar-refractivity contribution in [3.8, 4) is 0 Å². The molecule has 0 N–H and O–H groups in total. The van der Waals surface area contributed by atoms with Gasteiger partial charge in [0.1, 0.15) is 0 Å². The Balaban J connectivity index is 3.14. The molecule has 0 aromatic carbocycles. The fraction of sp³-hybridized carbons (Fsp3) is 0.500. The molecular weight excluding hydrogens is 170 g/mol. The van der Waals surface area contributed by atoms with Crippen LogP contribution in [0.1, 0.15) is 31.9 Å². The van der Waals surface area contributed by atoms with Crippen LogP contribution in [-0.2, 0) is 11.3 Å². The van der Waals surface area contributed by atoms with E-state index in [9.17, 15) is 0 Å². The van der Waals surface area contributed by atoms with Crippen molar-refractivity contribution in [2.75, 3.05) is 0 Å². The summed E-state index contributed by atoms with van der Waals surface area (Å²) in [5.41, 5.74) is 2.58. The van der Waals surface area contributed by atoms with Crippen LogP contribution in [0.2, 0.25) is 0 Å². The van der Waals surface area contributed by atoms with E-state index in [2.05, 4.69) is 25.8 Å². The molecule has 66 valence electrons. The highest BCUT2D eigenvalue weighted by molar-refractivity contribution is 6.17. The van der Waals surface area contributed by atoms with Crippen molar-refractivity contribution in [1.29, 1.82) is 0 Å². The zero-order valence-corrected chi connectivity index (χ0v) is 8.52. The van der Waals surface area contributed by atoms with Gasteiger partial charge < -0.3 is 0 Å². The maximum Gasteiger partial charge on any atom is 0.0492 e. The van der Waals surface area contributed by atoms with Gasteiger partial charge in [-0.2, -0.15) is 0 Å². The molecule has 1 heterocycles. The van der Waals surface area contributed by atoms with Crippen LogP contribution in [0.25, 0.3) is 0 Å². The molecule has 0 fully saturated rings. The summed E-state index contributed by atoms with van der Waals surface area (Å²) >= 11 is 5.80. The molecule has 12 heavy (non-hydrogen) atoms. The number of hydrogen-bond acceptors (Lipinski definition) is 1. The highest BCUT2D eigenvalue weighted by atomic mass is 35.5. The van der Waals surface area contributed by atoms with Crippen LogP contribution in [-0.4, -0.2) is 4.98 Å². The van der Waals surface area contributed by atoms with E-state index < -0.39 is 0 Å².